The minimum Gasteiger partial charge on any atom is -0.462 e. The van der Waals surface area contributed by atoms with E-state index in [1.807, 2.05) is 6.92 Å². The number of benzene rings is 1. The Bertz CT molecular complexity index is 522. The van der Waals surface area contributed by atoms with Crippen molar-refractivity contribution in [3.63, 3.8) is 0 Å². The normalized spacial score (nSPS) is 21.0. The third kappa shape index (κ3) is 3.24. The van der Waals surface area contributed by atoms with Gasteiger partial charge in [-0.25, -0.2) is 4.79 Å². The lowest BCUT2D eigenvalue weighted by Gasteiger charge is -2.27. The Kier molecular flexibility index (Phi) is 4.96. The highest BCUT2D eigenvalue weighted by atomic mass is 16.5. The first-order chi connectivity index (χ1) is 10.1. The van der Waals surface area contributed by atoms with Crippen molar-refractivity contribution in [1.29, 1.82) is 0 Å². The average Bonchev–Trinajstić information content (AvgIpc) is 2.98. The summed E-state index contributed by atoms with van der Waals surface area (Å²) < 4.78 is 5.02. The molecule has 1 unspecified atom stereocenters. The van der Waals surface area contributed by atoms with Gasteiger partial charge in [-0.15, -0.1) is 0 Å². The summed E-state index contributed by atoms with van der Waals surface area (Å²) in [4.78, 5) is 24.5. The van der Waals surface area contributed by atoms with E-state index in [4.69, 9.17) is 4.74 Å². The van der Waals surface area contributed by atoms with E-state index in [0.29, 0.717) is 17.9 Å². The summed E-state index contributed by atoms with van der Waals surface area (Å²) >= 11 is 0. The lowest BCUT2D eigenvalue weighted by molar-refractivity contribution is -0.122. The van der Waals surface area contributed by atoms with Gasteiger partial charge in [-0.1, -0.05) is 19.1 Å². The smallest absolute Gasteiger partial charge is 0.340 e. The van der Waals surface area contributed by atoms with Crippen LogP contribution in [0, 0.1) is 0 Å². The Balaban J connectivity index is 2.19. The van der Waals surface area contributed by atoms with Gasteiger partial charge < -0.3 is 15.4 Å². The van der Waals surface area contributed by atoms with E-state index < -0.39 is 11.5 Å². The fourth-order valence-corrected chi connectivity index (χ4v) is 2.68. The highest BCUT2D eigenvalue weighted by Gasteiger charge is 2.39. The Hall–Kier alpha value is -1.88. The maximum Gasteiger partial charge on any atom is 0.340 e. The molecule has 1 saturated heterocycles. The highest BCUT2D eigenvalue weighted by molar-refractivity contribution is 6.04. The van der Waals surface area contributed by atoms with Crippen LogP contribution in [-0.4, -0.2) is 30.6 Å². The van der Waals surface area contributed by atoms with E-state index >= 15 is 0 Å². The number of esters is 1. The van der Waals surface area contributed by atoms with Crippen molar-refractivity contribution in [1.82, 2.24) is 5.32 Å². The average molecular weight is 290 g/mol. The van der Waals surface area contributed by atoms with Crippen molar-refractivity contribution >= 4 is 17.6 Å². The first kappa shape index (κ1) is 15.5. The van der Waals surface area contributed by atoms with E-state index in [0.717, 1.165) is 25.8 Å². The second-order valence-electron chi connectivity index (χ2n) is 5.19. The van der Waals surface area contributed by atoms with Crippen LogP contribution in [0.25, 0.3) is 0 Å². The van der Waals surface area contributed by atoms with Crippen LogP contribution in [0.5, 0.6) is 0 Å². The third-order valence-electron chi connectivity index (χ3n) is 3.95. The Morgan fingerprint density at radius 2 is 2.10 bits per heavy atom. The number of carbonyl (C=O) groups is 2. The Morgan fingerprint density at radius 1 is 1.33 bits per heavy atom. The molecule has 0 bridgehead atoms. The van der Waals surface area contributed by atoms with Gasteiger partial charge in [-0.05, 0) is 44.9 Å². The molecule has 1 aliphatic rings. The molecule has 1 aliphatic heterocycles. The molecule has 0 aromatic heterocycles. The molecule has 2 N–H and O–H groups in total. The number of nitrogens with one attached hydrogen (secondary N) is 2. The lowest BCUT2D eigenvalue weighted by Crippen LogP contribution is -2.50. The van der Waals surface area contributed by atoms with E-state index in [1.165, 1.54) is 0 Å². The molecule has 1 atom stereocenters. The molecule has 0 aliphatic carbocycles. The van der Waals surface area contributed by atoms with Crippen molar-refractivity contribution < 1.29 is 14.3 Å². The minimum absolute atomic E-state index is 0.0840. The largest absolute Gasteiger partial charge is 0.462 e. The van der Waals surface area contributed by atoms with Crippen LogP contribution in [0.1, 0.15) is 43.5 Å². The second kappa shape index (κ2) is 6.72. The van der Waals surface area contributed by atoms with Gasteiger partial charge in [0.1, 0.15) is 0 Å². The molecule has 1 amide bonds. The van der Waals surface area contributed by atoms with Crippen molar-refractivity contribution in [2.75, 3.05) is 18.5 Å². The van der Waals surface area contributed by atoms with Crippen molar-refractivity contribution in [3.8, 4) is 0 Å². The van der Waals surface area contributed by atoms with Gasteiger partial charge in [-0.3, -0.25) is 4.79 Å². The number of rotatable bonds is 5. The molecule has 114 valence electrons. The number of ether oxygens (including phenoxy) is 1. The molecular formula is C16H22N2O3. The van der Waals surface area contributed by atoms with Crippen LogP contribution in [0.15, 0.2) is 24.3 Å². The zero-order valence-corrected chi connectivity index (χ0v) is 12.6. The van der Waals surface area contributed by atoms with Crippen LogP contribution < -0.4 is 10.6 Å². The van der Waals surface area contributed by atoms with Gasteiger partial charge in [-0.2, -0.15) is 0 Å². The van der Waals surface area contributed by atoms with E-state index in [9.17, 15) is 9.59 Å². The second-order valence-corrected chi connectivity index (χ2v) is 5.19. The van der Waals surface area contributed by atoms with Crippen LogP contribution in [0.3, 0.4) is 0 Å². The van der Waals surface area contributed by atoms with Crippen LogP contribution in [0.4, 0.5) is 5.69 Å². The first-order valence-electron chi connectivity index (χ1n) is 7.45. The zero-order valence-electron chi connectivity index (χ0n) is 12.6. The summed E-state index contributed by atoms with van der Waals surface area (Å²) in [6.07, 6.45) is 2.53. The summed E-state index contributed by atoms with van der Waals surface area (Å²) in [6.45, 7) is 4.91. The molecule has 1 heterocycles. The molecule has 1 fully saturated rings. The first-order valence-corrected chi connectivity index (χ1v) is 7.45. The Labute approximate surface area is 125 Å². The van der Waals surface area contributed by atoms with Crippen LogP contribution in [0.2, 0.25) is 0 Å². The standard InChI is InChI=1S/C16H22N2O3/c1-3-16(10-7-11-17-16)15(20)18-13-9-6-5-8-12(13)14(19)21-4-2/h5-6,8-9,17H,3-4,7,10-11H2,1-2H3,(H,18,20). The molecule has 0 radical (unpaired) electrons. The quantitative estimate of drug-likeness (QED) is 0.817. The fourth-order valence-electron chi connectivity index (χ4n) is 2.68. The molecule has 5 nitrogen and oxygen atoms in total. The van der Waals surface area contributed by atoms with Crippen molar-refractivity contribution in [3.05, 3.63) is 29.8 Å². The zero-order chi connectivity index (χ0) is 15.3. The fraction of sp³-hybridized carbons (Fsp3) is 0.500. The van der Waals surface area contributed by atoms with Crippen LogP contribution in [-0.2, 0) is 9.53 Å². The lowest BCUT2D eigenvalue weighted by atomic mass is 9.93. The molecule has 2 rings (SSSR count). The maximum absolute atomic E-state index is 12.6. The highest BCUT2D eigenvalue weighted by Crippen LogP contribution is 2.26. The molecule has 0 spiro atoms. The van der Waals surface area contributed by atoms with Gasteiger partial charge in [0.05, 0.1) is 23.4 Å². The number of hydrogen-bond donors (Lipinski definition) is 2. The van der Waals surface area contributed by atoms with Crippen molar-refractivity contribution in [2.45, 2.75) is 38.6 Å². The number of hydrogen-bond acceptors (Lipinski definition) is 4. The van der Waals surface area contributed by atoms with E-state index in [2.05, 4.69) is 10.6 Å². The summed E-state index contributed by atoms with van der Waals surface area (Å²) in [5.41, 5.74) is 0.362. The molecule has 1 aromatic carbocycles. The van der Waals surface area contributed by atoms with Gasteiger partial charge in [0.15, 0.2) is 0 Å². The SMILES string of the molecule is CCOC(=O)c1ccccc1NC(=O)C1(CC)CCCN1. The van der Waals surface area contributed by atoms with Gasteiger partial charge in [0.2, 0.25) is 5.91 Å². The number of anilines is 1. The maximum atomic E-state index is 12.6. The van der Waals surface area contributed by atoms with Gasteiger partial charge in [0, 0.05) is 0 Å². The summed E-state index contributed by atoms with van der Waals surface area (Å²) in [7, 11) is 0. The topological polar surface area (TPSA) is 67.4 Å². The van der Waals surface area contributed by atoms with E-state index in [1.54, 1.807) is 31.2 Å². The van der Waals surface area contributed by atoms with E-state index in [-0.39, 0.29) is 5.91 Å². The Morgan fingerprint density at radius 3 is 2.71 bits per heavy atom. The summed E-state index contributed by atoms with van der Waals surface area (Å²) in [6, 6.07) is 6.93. The number of amides is 1. The summed E-state index contributed by atoms with van der Waals surface area (Å²) in [5, 5.41) is 6.17. The predicted octanol–water partition coefficient (Wildman–Crippen LogP) is 2.33. The molecule has 5 heteroatoms. The van der Waals surface area contributed by atoms with Gasteiger partial charge >= 0.3 is 5.97 Å². The monoisotopic (exact) mass is 290 g/mol. The van der Waals surface area contributed by atoms with Crippen molar-refractivity contribution in [2.24, 2.45) is 0 Å². The summed E-state index contributed by atoms with van der Waals surface area (Å²) in [5.74, 6) is -0.502. The molecule has 0 saturated carbocycles. The number of para-hydroxylation sites is 1. The molecular weight excluding hydrogens is 268 g/mol. The number of carbonyl (C=O) groups excluding carboxylic acids is 2. The minimum atomic E-state index is -0.526. The third-order valence-corrected chi connectivity index (χ3v) is 3.95. The molecule has 1 aromatic rings. The predicted molar refractivity (Wildman–Crippen MR) is 81.3 cm³/mol. The van der Waals surface area contributed by atoms with Gasteiger partial charge in [0.25, 0.3) is 0 Å². The van der Waals surface area contributed by atoms with Crippen LogP contribution >= 0.6 is 0 Å². The molecule has 21 heavy (non-hydrogen) atoms.